The highest BCUT2D eigenvalue weighted by Crippen LogP contribution is 2.18. The van der Waals surface area contributed by atoms with Crippen LogP contribution >= 0.6 is 0 Å². The average molecular weight is 272 g/mol. The van der Waals surface area contributed by atoms with Gasteiger partial charge in [0.2, 0.25) is 5.91 Å². The van der Waals surface area contributed by atoms with Crippen molar-refractivity contribution < 1.29 is 14.7 Å². The Kier molecular flexibility index (Phi) is 4.20. The summed E-state index contributed by atoms with van der Waals surface area (Å²) in [5, 5.41) is 15.6. The Bertz CT molecular complexity index is 635. The van der Waals surface area contributed by atoms with Crippen LogP contribution in [-0.4, -0.2) is 23.1 Å². The van der Waals surface area contributed by atoms with Gasteiger partial charge in [-0.2, -0.15) is 0 Å². The fourth-order valence-electron chi connectivity index (χ4n) is 2.03. The molecule has 1 atom stereocenters. The van der Waals surface area contributed by atoms with E-state index < -0.39 is 12.1 Å². The predicted octanol–water partition coefficient (Wildman–Crippen LogP) is 2.11. The number of benzene rings is 2. The van der Waals surface area contributed by atoms with E-state index in [2.05, 4.69) is 10.6 Å². The molecule has 0 heterocycles. The van der Waals surface area contributed by atoms with Crippen LogP contribution in [0.25, 0.3) is 10.8 Å². The number of hydrogen-bond donors (Lipinski definition) is 3. The quantitative estimate of drug-likeness (QED) is 0.797. The maximum atomic E-state index is 11.8. The van der Waals surface area contributed by atoms with Crippen molar-refractivity contribution in [1.29, 1.82) is 0 Å². The Hall–Kier alpha value is -2.56. The molecule has 0 aromatic heterocycles. The lowest BCUT2D eigenvalue weighted by molar-refractivity contribution is -0.122. The zero-order valence-electron chi connectivity index (χ0n) is 11.1. The van der Waals surface area contributed by atoms with Gasteiger partial charge >= 0.3 is 6.09 Å². The number of carbonyl (C=O) groups excluding carboxylic acids is 1. The molecule has 0 spiro atoms. The zero-order chi connectivity index (χ0) is 14.5. The lowest BCUT2D eigenvalue weighted by Gasteiger charge is -2.13. The minimum atomic E-state index is -1.21. The molecule has 0 bridgehead atoms. The molecule has 0 fully saturated rings. The van der Waals surface area contributed by atoms with Gasteiger partial charge in [0.1, 0.15) is 6.04 Å². The molecule has 1 unspecified atom stereocenters. The van der Waals surface area contributed by atoms with Crippen molar-refractivity contribution >= 4 is 22.8 Å². The molecule has 0 saturated heterocycles. The van der Waals surface area contributed by atoms with Crippen LogP contribution in [0.2, 0.25) is 0 Å². The summed E-state index contributed by atoms with van der Waals surface area (Å²) in [6.45, 7) is 1.87. The molecule has 2 rings (SSSR count). The van der Waals surface area contributed by atoms with Crippen LogP contribution in [0.4, 0.5) is 4.79 Å². The highest BCUT2D eigenvalue weighted by molar-refractivity contribution is 5.87. The smallest absolute Gasteiger partial charge is 0.405 e. The Morgan fingerprint density at radius 2 is 1.85 bits per heavy atom. The minimum absolute atomic E-state index is 0.347. The maximum Gasteiger partial charge on any atom is 0.405 e. The Morgan fingerprint density at radius 3 is 2.60 bits per heavy atom. The van der Waals surface area contributed by atoms with Gasteiger partial charge in [0, 0.05) is 6.54 Å². The highest BCUT2D eigenvalue weighted by Gasteiger charge is 2.14. The first kappa shape index (κ1) is 13.9. The second-order valence-corrected chi connectivity index (χ2v) is 4.53. The minimum Gasteiger partial charge on any atom is -0.465 e. The molecule has 104 valence electrons. The third kappa shape index (κ3) is 3.26. The molecule has 0 radical (unpaired) electrons. The van der Waals surface area contributed by atoms with E-state index >= 15 is 0 Å². The van der Waals surface area contributed by atoms with E-state index in [1.165, 1.54) is 6.92 Å². The SMILES string of the molecule is CC(NC(=O)O)C(=O)NCc1cccc2ccccc12. The van der Waals surface area contributed by atoms with Crippen LogP contribution in [0.5, 0.6) is 0 Å². The topological polar surface area (TPSA) is 78.4 Å². The zero-order valence-corrected chi connectivity index (χ0v) is 11.1. The third-order valence-corrected chi connectivity index (χ3v) is 3.07. The number of hydrogen-bond acceptors (Lipinski definition) is 2. The Balaban J connectivity index is 2.06. The fourth-order valence-corrected chi connectivity index (χ4v) is 2.03. The van der Waals surface area contributed by atoms with Gasteiger partial charge in [-0.3, -0.25) is 4.79 Å². The van der Waals surface area contributed by atoms with E-state index in [1.807, 2.05) is 42.5 Å². The monoisotopic (exact) mass is 272 g/mol. The molecule has 3 N–H and O–H groups in total. The number of fused-ring (bicyclic) bond motifs is 1. The molecular formula is C15H16N2O3. The molecule has 2 aromatic carbocycles. The van der Waals surface area contributed by atoms with Gasteiger partial charge in [-0.15, -0.1) is 0 Å². The van der Waals surface area contributed by atoms with Crippen LogP contribution < -0.4 is 10.6 Å². The summed E-state index contributed by atoms with van der Waals surface area (Å²) < 4.78 is 0. The summed E-state index contributed by atoms with van der Waals surface area (Å²) in [6, 6.07) is 13.0. The molecule has 0 aliphatic rings. The van der Waals surface area contributed by atoms with Gasteiger partial charge in [0.25, 0.3) is 0 Å². The van der Waals surface area contributed by atoms with E-state index in [0.29, 0.717) is 6.54 Å². The second kappa shape index (κ2) is 6.06. The van der Waals surface area contributed by atoms with Crippen LogP contribution in [-0.2, 0) is 11.3 Å². The second-order valence-electron chi connectivity index (χ2n) is 4.53. The number of amides is 2. The van der Waals surface area contributed by atoms with Gasteiger partial charge in [-0.25, -0.2) is 4.79 Å². The molecule has 20 heavy (non-hydrogen) atoms. The number of carboxylic acid groups (broad SMARTS) is 1. The van der Waals surface area contributed by atoms with Gasteiger partial charge in [-0.05, 0) is 23.3 Å². The van der Waals surface area contributed by atoms with Crippen LogP contribution in [0.1, 0.15) is 12.5 Å². The van der Waals surface area contributed by atoms with Crippen LogP contribution in [0.3, 0.4) is 0 Å². The lowest BCUT2D eigenvalue weighted by Crippen LogP contribution is -2.44. The van der Waals surface area contributed by atoms with Crippen molar-refractivity contribution in [2.75, 3.05) is 0 Å². The summed E-state index contributed by atoms with van der Waals surface area (Å²) in [7, 11) is 0. The van der Waals surface area contributed by atoms with Crippen molar-refractivity contribution in [2.45, 2.75) is 19.5 Å². The van der Waals surface area contributed by atoms with Crippen molar-refractivity contribution in [3.05, 3.63) is 48.0 Å². The van der Waals surface area contributed by atoms with Gasteiger partial charge in [0.05, 0.1) is 0 Å². The standard InChI is InChI=1S/C15H16N2O3/c1-10(17-15(19)20)14(18)16-9-12-7-4-6-11-5-2-3-8-13(11)12/h2-8,10,17H,9H2,1H3,(H,16,18)(H,19,20). The summed E-state index contributed by atoms with van der Waals surface area (Å²) >= 11 is 0. The third-order valence-electron chi connectivity index (χ3n) is 3.07. The molecule has 0 aliphatic carbocycles. The molecule has 0 saturated carbocycles. The number of rotatable bonds is 4. The maximum absolute atomic E-state index is 11.8. The van der Waals surface area contributed by atoms with Gasteiger partial charge in [0.15, 0.2) is 0 Å². The summed E-state index contributed by atoms with van der Waals surface area (Å²) in [6.07, 6.45) is -1.21. The van der Waals surface area contributed by atoms with E-state index in [1.54, 1.807) is 0 Å². The first-order valence-electron chi connectivity index (χ1n) is 6.32. The van der Waals surface area contributed by atoms with E-state index in [9.17, 15) is 9.59 Å². The molecule has 2 amide bonds. The first-order chi connectivity index (χ1) is 9.58. The van der Waals surface area contributed by atoms with Crippen molar-refractivity contribution in [2.24, 2.45) is 0 Å². The summed E-state index contributed by atoms with van der Waals surface area (Å²) in [5.74, 6) is -0.347. The van der Waals surface area contributed by atoms with Crippen molar-refractivity contribution in [3.63, 3.8) is 0 Å². The highest BCUT2D eigenvalue weighted by atomic mass is 16.4. The van der Waals surface area contributed by atoms with E-state index in [0.717, 1.165) is 16.3 Å². The summed E-state index contributed by atoms with van der Waals surface area (Å²) in [5.41, 5.74) is 0.999. The number of nitrogens with one attached hydrogen (secondary N) is 2. The molecular weight excluding hydrogens is 256 g/mol. The van der Waals surface area contributed by atoms with E-state index in [4.69, 9.17) is 5.11 Å². The molecule has 5 nitrogen and oxygen atoms in total. The van der Waals surface area contributed by atoms with Crippen LogP contribution in [0, 0.1) is 0 Å². The van der Waals surface area contributed by atoms with Gasteiger partial charge < -0.3 is 15.7 Å². The van der Waals surface area contributed by atoms with Crippen molar-refractivity contribution in [3.8, 4) is 0 Å². The Morgan fingerprint density at radius 1 is 1.15 bits per heavy atom. The van der Waals surface area contributed by atoms with E-state index in [-0.39, 0.29) is 5.91 Å². The lowest BCUT2D eigenvalue weighted by atomic mass is 10.0. The van der Waals surface area contributed by atoms with Gasteiger partial charge in [-0.1, -0.05) is 42.5 Å². The molecule has 0 aliphatic heterocycles. The predicted molar refractivity (Wildman–Crippen MR) is 76.4 cm³/mol. The number of carbonyl (C=O) groups is 2. The molecule has 2 aromatic rings. The summed E-state index contributed by atoms with van der Waals surface area (Å²) in [4.78, 5) is 22.2. The molecule has 5 heteroatoms. The normalized spacial score (nSPS) is 11.8. The Labute approximate surface area is 116 Å². The van der Waals surface area contributed by atoms with Crippen molar-refractivity contribution in [1.82, 2.24) is 10.6 Å². The van der Waals surface area contributed by atoms with Crippen LogP contribution in [0.15, 0.2) is 42.5 Å². The first-order valence-corrected chi connectivity index (χ1v) is 6.32. The average Bonchev–Trinajstić information content (AvgIpc) is 2.44. The largest absolute Gasteiger partial charge is 0.465 e. The fraction of sp³-hybridized carbons (Fsp3) is 0.200.